The lowest BCUT2D eigenvalue weighted by molar-refractivity contribution is 0.368. The molecule has 0 saturated heterocycles. The van der Waals surface area contributed by atoms with Crippen molar-refractivity contribution in [2.45, 2.75) is 24.8 Å². The largest absolute Gasteiger partial charge is 0.496 e. The molecule has 0 fully saturated rings. The lowest BCUT2D eigenvalue weighted by Crippen LogP contribution is -2.36. The van der Waals surface area contributed by atoms with Crippen molar-refractivity contribution in [2.75, 3.05) is 19.4 Å². The van der Waals surface area contributed by atoms with Gasteiger partial charge in [0.05, 0.1) is 7.11 Å². The van der Waals surface area contributed by atoms with Crippen LogP contribution in [0.4, 0.5) is 5.82 Å². The number of hydrogen-bond acceptors (Lipinski definition) is 6. The van der Waals surface area contributed by atoms with Gasteiger partial charge in [0.2, 0.25) is 0 Å². The number of aromatic nitrogens is 1. The number of benzene rings is 1. The third-order valence-corrected chi connectivity index (χ3v) is 5.84. The lowest BCUT2D eigenvalue weighted by Gasteiger charge is -2.28. The van der Waals surface area contributed by atoms with E-state index in [0.717, 1.165) is 16.9 Å². The summed E-state index contributed by atoms with van der Waals surface area (Å²) in [6.45, 7) is 2.18. The molecule has 22 heavy (non-hydrogen) atoms. The summed E-state index contributed by atoms with van der Waals surface area (Å²) in [6.07, 6.45) is 0.586. The van der Waals surface area contributed by atoms with Gasteiger partial charge >= 0.3 is 0 Å². The van der Waals surface area contributed by atoms with E-state index in [2.05, 4.69) is 5.16 Å². The Labute approximate surface area is 128 Å². The van der Waals surface area contributed by atoms with Gasteiger partial charge in [-0.2, -0.15) is 4.31 Å². The zero-order valence-electron chi connectivity index (χ0n) is 12.4. The number of ether oxygens (including phenoxy) is 1. The monoisotopic (exact) mass is 323 g/mol. The SMILES string of the molecule is COc1cccc2c1CCN(S(=O)(=O)c1c(N)noc1C)C2. The molecule has 0 spiro atoms. The number of nitrogens with two attached hydrogens (primary N) is 1. The second-order valence-corrected chi connectivity index (χ2v) is 7.01. The topological polar surface area (TPSA) is 98.7 Å². The van der Waals surface area contributed by atoms with Gasteiger partial charge in [0.15, 0.2) is 16.5 Å². The van der Waals surface area contributed by atoms with Crippen molar-refractivity contribution in [1.29, 1.82) is 0 Å². The van der Waals surface area contributed by atoms with Gasteiger partial charge in [0.25, 0.3) is 10.0 Å². The molecule has 2 heterocycles. The van der Waals surface area contributed by atoms with Crippen LogP contribution in [0.2, 0.25) is 0 Å². The van der Waals surface area contributed by atoms with Gasteiger partial charge in [-0.3, -0.25) is 0 Å². The maximum Gasteiger partial charge on any atom is 0.250 e. The number of fused-ring (bicyclic) bond motifs is 1. The van der Waals surface area contributed by atoms with E-state index in [9.17, 15) is 8.42 Å². The molecule has 2 aromatic rings. The van der Waals surface area contributed by atoms with Gasteiger partial charge in [0, 0.05) is 13.1 Å². The van der Waals surface area contributed by atoms with E-state index in [1.54, 1.807) is 7.11 Å². The first-order valence-corrected chi connectivity index (χ1v) is 8.26. The fraction of sp³-hybridized carbons (Fsp3) is 0.357. The summed E-state index contributed by atoms with van der Waals surface area (Å²) in [5, 5.41) is 3.53. The Morgan fingerprint density at radius 1 is 1.41 bits per heavy atom. The number of rotatable bonds is 3. The number of sulfonamides is 1. The van der Waals surface area contributed by atoms with E-state index in [-0.39, 0.29) is 23.0 Å². The number of anilines is 1. The summed E-state index contributed by atoms with van der Waals surface area (Å²) in [5.74, 6) is 0.887. The minimum atomic E-state index is -3.73. The van der Waals surface area contributed by atoms with Gasteiger partial charge in [-0.25, -0.2) is 8.42 Å². The predicted molar refractivity (Wildman–Crippen MR) is 79.9 cm³/mol. The first-order chi connectivity index (χ1) is 10.4. The Kier molecular flexibility index (Phi) is 3.57. The third-order valence-electron chi connectivity index (χ3n) is 3.84. The molecule has 1 aromatic heterocycles. The van der Waals surface area contributed by atoms with Crippen molar-refractivity contribution < 1.29 is 17.7 Å². The van der Waals surface area contributed by atoms with Crippen molar-refractivity contribution in [3.8, 4) is 5.75 Å². The second-order valence-electron chi connectivity index (χ2n) is 5.14. The molecule has 0 aliphatic carbocycles. The number of nitrogen functional groups attached to an aromatic ring is 1. The molecule has 0 amide bonds. The predicted octanol–water partition coefficient (Wildman–Crippen LogP) is 1.32. The maximum atomic E-state index is 12.8. The Morgan fingerprint density at radius 2 is 2.18 bits per heavy atom. The summed E-state index contributed by atoms with van der Waals surface area (Å²) in [4.78, 5) is -0.0427. The van der Waals surface area contributed by atoms with Crippen LogP contribution in [0.15, 0.2) is 27.6 Å². The molecular formula is C14H17N3O4S. The Hall–Kier alpha value is -2.06. The summed E-state index contributed by atoms with van der Waals surface area (Å²) in [6, 6.07) is 5.64. The van der Waals surface area contributed by atoms with E-state index in [1.807, 2.05) is 18.2 Å². The average Bonchev–Trinajstić information content (AvgIpc) is 2.85. The van der Waals surface area contributed by atoms with Crippen molar-refractivity contribution >= 4 is 15.8 Å². The first-order valence-electron chi connectivity index (χ1n) is 6.81. The van der Waals surface area contributed by atoms with Crippen LogP contribution in [-0.4, -0.2) is 31.5 Å². The first kappa shape index (κ1) is 14.9. The molecule has 8 heteroatoms. The summed E-state index contributed by atoms with van der Waals surface area (Å²) in [7, 11) is -2.12. The van der Waals surface area contributed by atoms with Gasteiger partial charge < -0.3 is 15.0 Å². The Bertz CT molecular complexity index is 794. The van der Waals surface area contributed by atoms with Crippen molar-refractivity contribution in [1.82, 2.24) is 9.46 Å². The van der Waals surface area contributed by atoms with Gasteiger partial charge in [-0.1, -0.05) is 17.3 Å². The normalized spacial score (nSPS) is 15.5. The zero-order valence-corrected chi connectivity index (χ0v) is 13.2. The van der Waals surface area contributed by atoms with Gasteiger partial charge in [-0.05, 0) is 30.5 Å². The smallest absolute Gasteiger partial charge is 0.250 e. The highest BCUT2D eigenvalue weighted by molar-refractivity contribution is 7.89. The summed E-state index contributed by atoms with van der Waals surface area (Å²) in [5.41, 5.74) is 7.62. The average molecular weight is 323 g/mol. The Morgan fingerprint density at radius 3 is 2.82 bits per heavy atom. The molecular weight excluding hydrogens is 306 g/mol. The Balaban J connectivity index is 1.98. The van der Waals surface area contributed by atoms with E-state index in [0.29, 0.717) is 13.0 Å². The lowest BCUT2D eigenvalue weighted by atomic mass is 10.0. The summed E-state index contributed by atoms with van der Waals surface area (Å²) >= 11 is 0. The van der Waals surface area contributed by atoms with Crippen LogP contribution < -0.4 is 10.5 Å². The van der Waals surface area contributed by atoms with E-state index >= 15 is 0 Å². The van der Waals surface area contributed by atoms with E-state index in [4.69, 9.17) is 15.0 Å². The van der Waals surface area contributed by atoms with Crippen LogP contribution in [0, 0.1) is 6.92 Å². The highest BCUT2D eigenvalue weighted by Crippen LogP contribution is 2.32. The molecule has 3 rings (SSSR count). The zero-order chi connectivity index (χ0) is 15.9. The van der Waals surface area contributed by atoms with E-state index < -0.39 is 10.0 Å². The molecule has 2 N–H and O–H groups in total. The number of nitrogens with zero attached hydrogens (tertiary/aromatic N) is 2. The number of hydrogen-bond donors (Lipinski definition) is 1. The van der Waals surface area contributed by atoms with Crippen LogP contribution in [0.25, 0.3) is 0 Å². The molecule has 0 bridgehead atoms. The number of methoxy groups -OCH3 is 1. The van der Waals surface area contributed by atoms with Crippen molar-refractivity contribution in [3.63, 3.8) is 0 Å². The van der Waals surface area contributed by atoms with Gasteiger partial charge in [0.1, 0.15) is 5.75 Å². The van der Waals surface area contributed by atoms with Crippen molar-refractivity contribution in [3.05, 3.63) is 35.1 Å². The molecule has 1 aromatic carbocycles. The molecule has 0 saturated carbocycles. The number of aryl methyl sites for hydroxylation is 1. The molecule has 118 valence electrons. The van der Waals surface area contributed by atoms with Crippen molar-refractivity contribution in [2.24, 2.45) is 0 Å². The molecule has 0 atom stereocenters. The standard InChI is InChI=1S/C14H17N3O4S/c1-9-13(14(15)16-21-9)22(18,19)17-7-6-11-10(8-17)4-3-5-12(11)20-2/h3-5H,6-8H2,1-2H3,(H2,15,16). The molecule has 1 aliphatic heterocycles. The minimum Gasteiger partial charge on any atom is -0.496 e. The quantitative estimate of drug-likeness (QED) is 0.914. The maximum absolute atomic E-state index is 12.8. The third kappa shape index (κ3) is 2.24. The molecule has 7 nitrogen and oxygen atoms in total. The van der Waals surface area contributed by atoms with E-state index in [1.165, 1.54) is 11.2 Å². The second kappa shape index (κ2) is 5.29. The van der Waals surface area contributed by atoms with Crippen LogP contribution in [-0.2, 0) is 23.0 Å². The highest BCUT2D eigenvalue weighted by Gasteiger charge is 2.34. The molecule has 0 unspecified atom stereocenters. The fourth-order valence-corrected chi connectivity index (χ4v) is 4.37. The summed E-state index contributed by atoms with van der Waals surface area (Å²) < 4.78 is 37.1. The molecule has 1 aliphatic rings. The van der Waals surface area contributed by atoms with Crippen LogP contribution in [0.1, 0.15) is 16.9 Å². The fourth-order valence-electron chi connectivity index (χ4n) is 2.77. The highest BCUT2D eigenvalue weighted by atomic mass is 32.2. The molecule has 0 radical (unpaired) electrons. The van der Waals surface area contributed by atoms with Gasteiger partial charge in [-0.15, -0.1) is 0 Å². The van der Waals surface area contributed by atoms with Crippen LogP contribution in [0.3, 0.4) is 0 Å². The van der Waals surface area contributed by atoms with Crippen LogP contribution >= 0.6 is 0 Å². The van der Waals surface area contributed by atoms with Crippen LogP contribution in [0.5, 0.6) is 5.75 Å². The minimum absolute atomic E-state index is 0.0427.